The predicted octanol–water partition coefficient (Wildman–Crippen LogP) is 2.04. The normalized spacial score (nSPS) is 11.2. The topological polar surface area (TPSA) is 104 Å². The van der Waals surface area contributed by atoms with Crippen molar-refractivity contribution in [1.82, 2.24) is 15.6 Å². The van der Waals surface area contributed by atoms with Crippen LogP contribution >= 0.6 is 0 Å². The van der Waals surface area contributed by atoms with Crippen molar-refractivity contribution < 1.29 is 22.4 Å². The lowest BCUT2D eigenvalue weighted by Gasteiger charge is -2.09. The van der Waals surface area contributed by atoms with Crippen molar-refractivity contribution in [3.8, 4) is 0 Å². The molecule has 0 aliphatic rings. The lowest BCUT2D eigenvalue weighted by atomic mass is 10.1. The summed E-state index contributed by atoms with van der Waals surface area (Å²) >= 11 is 0. The molecular formula is C21H20FN3O4S. The van der Waals surface area contributed by atoms with E-state index < -0.39 is 27.7 Å². The van der Waals surface area contributed by atoms with Crippen molar-refractivity contribution in [3.05, 3.63) is 78.1 Å². The monoisotopic (exact) mass is 429 g/mol. The van der Waals surface area contributed by atoms with Crippen LogP contribution in [-0.4, -0.2) is 26.8 Å². The molecule has 0 aromatic heterocycles. The quantitative estimate of drug-likeness (QED) is 0.500. The molecule has 0 unspecified atom stereocenters. The van der Waals surface area contributed by atoms with Crippen LogP contribution in [0.15, 0.2) is 71.6 Å². The first kappa shape index (κ1) is 21.4. The average Bonchev–Trinajstić information content (AvgIpc) is 2.73. The predicted molar refractivity (Wildman–Crippen MR) is 110 cm³/mol. The first-order valence-electron chi connectivity index (χ1n) is 9.14. The first-order chi connectivity index (χ1) is 14.3. The van der Waals surface area contributed by atoms with Crippen LogP contribution in [0.4, 0.5) is 4.39 Å². The molecule has 0 saturated heterocycles. The van der Waals surface area contributed by atoms with Crippen molar-refractivity contribution in [2.75, 3.05) is 6.54 Å². The summed E-state index contributed by atoms with van der Waals surface area (Å²) in [5, 5.41) is 1.72. The van der Waals surface area contributed by atoms with Gasteiger partial charge >= 0.3 is 0 Å². The number of nitrogens with one attached hydrogen (secondary N) is 3. The maximum Gasteiger partial charge on any atom is 0.242 e. The Morgan fingerprint density at radius 3 is 2.23 bits per heavy atom. The second-order valence-electron chi connectivity index (χ2n) is 6.56. The smallest absolute Gasteiger partial charge is 0.242 e. The zero-order chi connectivity index (χ0) is 21.6. The molecule has 3 rings (SSSR count). The Labute approximate surface area is 173 Å². The highest BCUT2D eigenvalue weighted by molar-refractivity contribution is 7.89. The molecule has 0 radical (unpaired) electrons. The van der Waals surface area contributed by atoms with Crippen LogP contribution in [0, 0.1) is 5.82 Å². The fourth-order valence-corrected chi connectivity index (χ4v) is 3.82. The van der Waals surface area contributed by atoms with E-state index in [0.717, 1.165) is 10.8 Å². The van der Waals surface area contributed by atoms with Crippen LogP contribution < -0.4 is 15.6 Å². The molecule has 0 spiro atoms. The number of carbonyl (C=O) groups excluding carboxylic acids is 2. The third kappa shape index (κ3) is 5.85. The summed E-state index contributed by atoms with van der Waals surface area (Å²) in [6.45, 7) is -0.130. The van der Waals surface area contributed by atoms with Crippen LogP contribution in [0.5, 0.6) is 0 Å². The van der Waals surface area contributed by atoms with Crippen LogP contribution in [0.3, 0.4) is 0 Å². The Balaban J connectivity index is 1.44. The summed E-state index contributed by atoms with van der Waals surface area (Å²) < 4.78 is 40.0. The molecule has 7 nitrogen and oxygen atoms in total. The maximum absolute atomic E-state index is 12.9. The standard InChI is InChI=1S/C21H20FN3O4S/c22-18-8-5-15(6-9-18)13-21(27)25-24-20(26)11-12-23-30(28,29)19-10-7-16-3-1-2-4-17(16)14-19/h1-10,14,23H,11-13H2,(H,24,26)(H,25,27). The Hall–Kier alpha value is -3.30. The highest BCUT2D eigenvalue weighted by Crippen LogP contribution is 2.18. The third-order valence-corrected chi connectivity index (χ3v) is 5.75. The van der Waals surface area contributed by atoms with Gasteiger partial charge in [0.25, 0.3) is 0 Å². The highest BCUT2D eigenvalue weighted by atomic mass is 32.2. The zero-order valence-electron chi connectivity index (χ0n) is 15.9. The Kier molecular flexibility index (Phi) is 6.76. The molecule has 0 heterocycles. The Bertz CT molecular complexity index is 1160. The molecule has 3 aromatic carbocycles. The number of hydrazine groups is 1. The van der Waals surface area contributed by atoms with Gasteiger partial charge in [0.15, 0.2) is 0 Å². The van der Waals surface area contributed by atoms with Crippen molar-refractivity contribution in [3.63, 3.8) is 0 Å². The second-order valence-corrected chi connectivity index (χ2v) is 8.32. The van der Waals surface area contributed by atoms with Crippen molar-refractivity contribution in [1.29, 1.82) is 0 Å². The Morgan fingerprint density at radius 2 is 1.50 bits per heavy atom. The molecule has 9 heteroatoms. The molecule has 0 fully saturated rings. The minimum absolute atomic E-state index is 0.0326. The lowest BCUT2D eigenvalue weighted by molar-refractivity contribution is -0.128. The molecule has 30 heavy (non-hydrogen) atoms. The van der Waals surface area contributed by atoms with Crippen LogP contribution in [0.2, 0.25) is 0 Å². The van der Waals surface area contributed by atoms with Crippen molar-refractivity contribution >= 4 is 32.6 Å². The summed E-state index contributed by atoms with van der Waals surface area (Å²) in [6, 6.07) is 17.6. The molecule has 2 amide bonds. The molecule has 3 N–H and O–H groups in total. The second kappa shape index (κ2) is 9.47. The number of amides is 2. The fraction of sp³-hybridized carbons (Fsp3) is 0.143. The lowest BCUT2D eigenvalue weighted by Crippen LogP contribution is -2.43. The molecule has 0 aliphatic carbocycles. The highest BCUT2D eigenvalue weighted by Gasteiger charge is 2.15. The zero-order valence-corrected chi connectivity index (χ0v) is 16.7. The summed E-state index contributed by atoms with van der Waals surface area (Å²) in [6.07, 6.45) is -0.196. The SMILES string of the molecule is O=C(CCNS(=O)(=O)c1ccc2ccccc2c1)NNC(=O)Cc1ccc(F)cc1. The molecule has 0 atom stereocenters. The number of rotatable bonds is 7. The van der Waals surface area contributed by atoms with Gasteiger partial charge < -0.3 is 0 Å². The molecule has 0 aliphatic heterocycles. The summed E-state index contributed by atoms with van der Waals surface area (Å²) in [5.74, 6) is -1.44. The number of carbonyl (C=O) groups is 2. The van der Waals surface area contributed by atoms with Gasteiger partial charge in [0.1, 0.15) is 5.82 Å². The van der Waals surface area contributed by atoms with Crippen LogP contribution in [-0.2, 0) is 26.0 Å². The first-order valence-corrected chi connectivity index (χ1v) is 10.6. The van der Waals surface area contributed by atoms with Gasteiger partial charge in [0.2, 0.25) is 21.8 Å². The number of halogens is 1. The molecule has 0 bridgehead atoms. The third-order valence-electron chi connectivity index (χ3n) is 4.29. The maximum atomic E-state index is 12.9. The molecule has 0 saturated carbocycles. The van der Waals surface area contributed by atoms with Gasteiger partial charge in [0, 0.05) is 13.0 Å². The van der Waals surface area contributed by atoms with Gasteiger partial charge in [-0.3, -0.25) is 20.4 Å². The number of fused-ring (bicyclic) bond motifs is 1. The van der Waals surface area contributed by atoms with E-state index in [-0.39, 0.29) is 24.3 Å². The summed E-state index contributed by atoms with van der Waals surface area (Å²) in [4.78, 5) is 23.7. The van der Waals surface area contributed by atoms with Gasteiger partial charge in [-0.1, -0.05) is 42.5 Å². The van der Waals surface area contributed by atoms with Gasteiger partial charge in [0.05, 0.1) is 11.3 Å². The Morgan fingerprint density at radius 1 is 0.833 bits per heavy atom. The van der Waals surface area contributed by atoms with Gasteiger partial charge in [-0.05, 0) is 40.6 Å². The van der Waals surface area contributed by atoms with Crippen LogP contribution in [0.25, 0.3) is 10.8 Å². The van der Waals surface area contributed by atoms with E-state index in [9.17, 15) is 22.4 Å². The molecular weight excluding hydrogens is 409 g/mol. The van der Waals surface area contributed by atoms with E-state index in [0.29, 0.717) is 5.56 Å². The van der Waals surface area contributed by atoms with E-state index in [2.05, 4.69) is 15.6 Å². The van der Waals surface area contributed by atoms with E-state index in [1.165, 1.54) is 30.3 Å². The number of sulfonamides is 1. The summed E-state index contributed by atoms with van der Waals surface area (Å²) in [7, 11) is -3.77. The molecule has 156 valence electrons. The minimum atomic E-state index is -3.77. The number of hydrogen-bond donors (Lipinski definition) is 3. The van der Waals surface area contributed by atoms with Gasteiger partial charge in [-0.15, -0.1) is 0 Å². The van der Waals surface area contributed by atoms with E-state index in [4.69, 9.17) is 0 Å². The van der Waals surface area contributed by atoms with Crippen molar-refractivity contribution in [2.24, 2.45) is 0 Å². The molecule has 3 aromatic rings. The van der Waals surface area contributed by atoms with Gasteiger partial charge in [-0.25, -0.2) is 17.5 Å². The van der Waals surface area contributed by atoms with Crippen molar-refractivity contribution in [2.45, 2.75) is 17.7 Å². The van der Waals surface area contributed by atoms with Crippen LogP contribution in [0.1, 0.15) is 12.0 Å². The van der Waals surface area contributed by atoms with E-state index in [1.54, 1.807) is 12.1 Å². The number of benzene rings is 3. The van der Waals surface area contributed by atoms with E-state index >= 15 is 0 Å². The fourth-order valence-electron chi connectivity index (χ4n) is 2.75. The average molecular weight is 429 g/mol. The largest absolute Gasteiger partial charge is 0.273 e. The van der Waals surface area contributed by atoms with E-state index in [1.807, 2.05) is 24.3 Å². The van der Waals surface area contributed by atoms with Gasteiger partial charge in [-0.2, -0.15) is 0 Å². The minimum Gasteiger partial charge on any atom is -0.273 e. The number of hydrogen-bond acceptors (Lipinski definition) is 4. The summed E-state index contributed by atoms with van der Waals surface area (Å²) in [5.41, 5.74) is 5.04.